The van der Waals surface area contributed by atoms with E-state index in [4.69, 9.17) is 9.47 Å². The molecule has 46 heavy (non-hydrogen) atoms. The van der Waals surface area contributed by atoms with Crippen LogP contribution in [0.25, 0.3) is 34.3 Å². The molecule has 3 aromatic carbocycles. The molecule has 234 valence electrons. The first-order valence-corrected chi connectivity index (χ1v) is 14.7. The second-order valence-electron chi connectivity index (χ2n) is 11.8. The summed E-state index contributed by atoms with van der Waals surface area (Å²) in [4.78, 5) is 51.9. The Labute approximate surface area is 266 Å². The second-order valence-corrected chi connectivity index (χ2v) is 11.8. The number of hydrogen-bond acceptors (Lipinski definition) is 8. The van der Waals surface area contributed by atoms with Crippen LogP contribution in [0.5, 0.6) is 5.88 Å². The molecule has 0 saturated heterocycles. The number of aromatic nitrogens is 3. The Morgan fingerprint density at radius 3 is 2.33 bits per heavy atom. The molecule has 5 aromatic rings. The first-order valence-electron chi connectivity index (χ1n) is 14.7. The van der Waals surface area contributed by atoms with Gasteiger partial charge in [0.25, 0.3) is 5.91 Å². The van der Waals surface area contributed by atoms with Gasteiger partial charge in [0, 0.05) is 30.8 Å². The molecule has 0 unspecified atom stereocenters. The van der Waals surface area contributed by atoms with Crippen molar-refractivity contribution in [1.82, 2.24) is 20.3 Å². The van der Waals surface area contributed by atoms with E-state index in [2.05, 4.69) is 25.6 Å². The highest BCUT2D eigenvalue weighted by atomic mass is 16.6. The van der Waals surface area contributed by atoms with Gasteiger partial charge in [0.05, 0.1) is 35.0 Å². The largest absolute Gasteiger partial charge is 0.481 e. The van der Waals surface area contributed by atoms with Gasteiger partial charge in [-0.15, -0.1) is 0 Å². The lowest BCUT2D eigenvalue weighted by atomic mass is 9.94. The van der Waals surface area contributed by atoms with Crippen molar-refractivity contribution in [1.29, 1.82) is 0 Å². The van der Waals surface area contributed by atoms with E-state index in [0.29, 0.717) is 35.2 Å². The maximum Gasteiger partial charge on any atom is 0.346 e. The predicted molar refractivity (Wildman–Crippen MR) is 179 cm³/mol. The van der Waals surface area contributed by atoms with Gasteiger partial charge in [-0.2, -0.15) is 0 Å². The van der Waals surface area contributed by atoms with Crippen LogP contribution in [0.3, 0.4) is 0 Å². The number of anilines is 1. The molecule has 3 N–H and O–H groups in total. The highest BCUT2D eigenvalue weighted by Gasteiger charge is 2.23. The van der Waals surface area contributed by atoms with Crippen LogP contribution < -0.4 is 15.4 Å². The van der Waals surface area contributed by atoms with Crippen LogP contribution in [0.4, 0.5) is 5.95 Å². The number of pyridine rings is 1. The quantitative estimate of drug-likeness (QED) is 0.124. The molecule has 0 spiro atoms. The summed E-state index contributed by atoms with van der Waals surface area (Å²) in [6.45, 7) is 6.45. The van der Waals surface area contributed by atoms with E-state index in [9.17, 15) is 14.4 Å². The molecule has 10 heteroatoms. The summed E-state index contributed by atoms with van der Waals surface area (Å²) in [6, 6.07) is 22.2. The van der Waals surface area contributed by atoms with Gasteiger partial charge in [0.15, 0.2) is 0 Å². The van der Waals surface area contributed by atoms with E-state index >= 15 is 0 Å². The van der Waals surface area contributed by atoms with Gasteiger partial charge in [-0.25, -0.2) is 19.6 Å². The molecule has 1 amide bonds. The Morgan fingerprint density at radius 2 is 1.61 bits per heavy atom. The molecule has 2 aromatic heterocycles. The van der Waals surface area contributed by atoms with Crippen molar-refractivity contribution in [3.63, 3.8) is 0 Å². The maximum absolute atomic E-state index is 13.6. The topological polar surface area (TPSA) is 135 Å². The highest BCUT2D eigenvalue weighted by molar-refractivity contribution is 6.08. The molecule has 0 aliphatic carbocycles. The first kappa shape index (κ1) is 31.6. The Balaban J connectivity index is 1.56. The number of esters is 2. The number of H-pyrrole nitrogens is 1. The van der Waals surface area contributed by atoms with E-state index in [0.717, 1.165) is 16.6 Å². The molecular weight excluding hydrogens is 582 g/mol. The third kappa shape index (κ3) is 7.47. The highest BCUT2D eigenvalue weighted by Crippen LogP contribution is 2.31. The van der Waals surface area contributed by atoms with E-state index in [1.165, 1.54) is 13.2 Å². The maximum atomic E-state index is 13.6. The van der Waals surface area contributed by atoms with Crippen molar-refractivity contribution in [2.75, 3.05) is 26.0 Å². The summed E-state index contributed by atoms with van der Waals surface area (Å²) in [5, 5.41) is 5.90. The zero-order valence-electron chi connectivity index (χ0n) is 26.3. The molecule has 2 heterocycles. The standard InChI is InChI=1S/C36H35N5O5/c1-36(2,3)21-38-32(42)24-13-14-25(27(20-24)34(44)46-33(43)23-9-7-6-8-10-23)26-15-18-31(45-5)39-28(26)16-11-22-12-17-29-30(19-22)41-35(37-4)40-29/h6-20H,21H2,1-5H3,(H,38,42)(H2,37,40,41)/b16-11+. The summed E-state index contributed by atoms with van der Waals surface area (Å²) < 4.78 is 10.7. The Kier molecular flexibility index (Phi) is 9.27. The molecule has 10 nitrogen and oxygen atoms in total. The van der Waals surface area contributed by atoms with Crippen LogP contribution in [0.1, 0.15) is 63.1 Å². The van der Waals surface area contributed by atoms with Crippen LogP contribution in [0.2, 0.25) is 0 Å². The Bertz CT molecular complexity index is 1940. The van der Waals surface area contributed by atoms with Gasteiger partial charge >= 0.3 is 11.9 Å². The normalized spacial score (nSPS) is 11.4. The average molecular weight is 618 g/mol. The minimum atomic E-state index is -0.898. The molecule has 0 saturated carbocycles. The number of aromatic amines is 1. The zero-order valence-corrected chi connectivity index (χ0v) is 26.3. The molecule has 0 fully saturated rings. The van der Waals surface area contributed by atoms with E-state index in [1.807, 2.05) is 51.1 Å². The molecule has 0 aliphatic rings. The van der Waals surface area contributed by atoms with Crippen molar-refractivity contribution >= 4 is 47.0 Å². The fourth-order valence-electron chi connectivity index (χ4n) is 4.66. The number of fused-ring (bicyclic) bond motifs is 1. The Hall–Kier alpha value is -5.77. The number of nitrogens with one attached hydrogen (secondary N) is 3. The minimum Gasteiger partial charge on any atom is -0.481 e. The van der Waals surface area contributed by atoms with Crippen molar-refractivity contribution < 1.29 is 23.9 Å². The lowest BCUT2D eigenvalue weighted by Gasteiger charge is -2.19. The van der Waals surface area contributed by atoms with Crippen LogP contribution in [0.15, 0.2) is 78.9 Å². The smallest absolute Gasteiger partial charge is 0.346 e. The molecule has 0 bridgehead atoms. The van der Waals surface area contributed by atoms with Gasteiger partial charge in [0.1, 0.15) is 0 Å². The number of nitrogens with zero attached hydrogens (tertiary/aromatic N) is 2. The zero-order chi connectivity index (χ0) is 32.8. The van der Waals surface area contributed by atoms with Crippen molar-refractivity contribution in [3.8, 4) is 17.0 Å². The number of rotatable bonds is 9. The van der Waals surface area contributed by atoms with Gasteiger partial charge in [-0.05, 0) is 65.1 Å². The summed E-state index contributed by atoms with van der Waals surface area (Å²) in [5.41, 5.74) is 4.41. The van der Waals surface area contributed by atoms with Gasteiger partial charge in [-0.1, -0.05) is 57.2 Å². The molecule has 0 atom stereocenters. The van der Waals surface area contributed by atoms with Crippen molar-refractivity contribution in [3.05, 3.63) is 107 Å². The molecular formula is C36H35N5O5. The van der Waals surface area contributed by atoms with E-state index < -0.39 is 11.9 Å². The summed E-state index contributed by atoms with van der Waals surface area (Å²) in [5.74, 6) is -1.03. The number of ether oxygens (including phenoxy) is 2. The summed E-state index contributed by atoms with van der Waals surface area (Å²) in [6.07, 6.45) is 3.69. The van der Waals surface area contributed by atoms with Crippen LogP contribution >= 0.6 is 0 Å². The van der Waals surface area contributed by atoms with Crippen molar-refractivity contribution in [2.24, 2.45) is 5.41 Å². The fraction of sp³-hybridized carbons (Fsp3) is 0.194. The number of hydrogen-bond donors (Lipinski definition) is 3. The lowest BCUT2D eigenvalue weighted by Crippen LogP contribution is -2.32. The van der Waals surface area contributed by atoms with Crippen LogP contribution in [0, 0.1) is 5.41 Å². The van der Waals surface area contributed by atoms with Crippen molar-refractivity contribution in [2.45, 2.75) is 20.8 Å². The monoisotopic (exact) mass is 617 g/mol. The third-order valence-corrected chi connectivity index (χ3v) is 7.05. The van der Waals surface area contributed by atoms with Crippen LogP contribution in [-0.2, 0) is 4.74 Å². The number of amides is 1. The molecule has 5 rings (SSSR count). The summed E-state index contributed by atoms with van der Waals surface area (Å²) in [7, 11) is 3.31. The summed E-state index contributed by atoms with van der Waals surface area (Å²) >= 11 is 0. The lowest BCUT2D eigenvalue weighted by molar-refractivity contribution is 0.0398. The molecule has 0 radical (unpaired) electrons. The van der Waals surface area contributed by atoms with E-state index in [1.54, 1.807) is 61.6 Å². The number of methoxy groups -OCH3 is 1. The van der Waals surface area contributed by atoms with Gasteiger partial charge < -0.3 is 25.1 Å². The fourth-order valence-corrected chi connectivity index (χ4v) is 4.66. The SMILES string of the molecule is CNc1nc2ccc(/C=C/c3nc(OC)ccc3-c3ccc(C(=O)NCC(C)(C)C)cc3C(=O)OC(=O)c3ccccc3)cc2[nH]1. The first-order chi connectivity index (χ1) is 22.0. The Morgan fingerprint density at radius 1 is 0.848 bits per heavy atom. The molecule has 0 aliphatic heterocycles. The van der Waals surface area contributed by atoms with Gasteiger partial charge in [-0.3, -0.25) is 4.79 Å². The number of carbonyl (C=O) groups is 3. The predicted octanol–water partition coefficient (Wildman–Crippen LogP) is 6.62. The van der Waals surface area contributed by atoms with E-state index in [-0.39, 0.29) is 28.0 Å². The number of benzene rings is 3. The van der Waals surface area contributed by atoms with Gasteiger partial charge in [0.2, 0.25) is 11.8 Å². The number of imidazole rings is 1. The minimum absolute atomic E-state index is 0.0350. The second kappa shape index (κ2) is 13.5. The third-order valence-electron chi connectivity index (χ3n) is 7.05. The average Bonchev–Trinajstić information content (AvgIpc) is 3.48. The number of carbonyl (C=O) groups excluding carboxylic acids is 3. The van der Waals surface area contributed by atoms with Crippen LogP contribution in [-0.4, -0.2) is 53.5 Å².